The first-order valence-corrected chi connectivity index (χ1v) is 5.21. The van der Waals surface area contributed by atoms with Crippen molar-refractivity contribution in [3.05, 3.63) is 34.9 Å². The molecular formula is C11H14ClF3. The van der Waals surface area contributed by atoms with Gasteiger partial charge in [-0.1, -0.05) is 19.9 Å². The Labute approximate surface area is 93.1 Å². The Balaban J connectivity index is 0.000000921. The largest absolute Gasteiger partial charge is 0.416 e. The van der Waals surface area contributed by atoms with Crippen LogP contribution in [0.4, 0.5) is 13.2 Å². The average molecular weight is 239 g/mol. The lowest BCUT2D eigenvalue weighted by Crippen LogP contribution is -2.05. The highest BCUT2D eigenvalue weighted by Gasteiger charge is 2.30. The first-order chi connectivity index (χ1) is 6.95. The van der Waals surface area contributed by atoms with Gasteiger partial charge in [0.2, 0.25) is 0 Å². The van der Waals surface area contributed by atoms with Gasteiger partial charge in [-0.3, -0.25) is 0 Å². The molecule has 0 radical (unpaired) electrons. The van der Waals surface area contributed by atoms with E-state index < -0.39 is 11.7 Å². The first-order valence-electron chi connectivity index (χ1n) is 4.68. The number of hydrogen-bond donors (Lipinski definition) is 0. The molecule has 0 fully saturated rings. The van der Waals surface area contributed by atoms with E-state index in [4.69, 9.17) is 11.6 Å². The van der Waals surface area contributed by atoms with E-state index in [1.807, 2.05) is 13.8 Å². The van der Waals surface area contributed by atoms with E-state index in [-0.39, 0.29) is 5.88 Å². The normalized spacial score (nSPS) is 10.6. The van der Waals surface area contributed by atoms with Crippen LogP contribution in [0.3, 0.4) is 0 Å². The third-order valence-corrected chi connectivity index (χ3v) is 2.11. The molecule has 0 aliphatic rings. The predicted molar refractivity (Wildman–Crippen MR) is 57.1 cm³/mol. The van der Waals surface area contributed by atoms with Crippen molar-refractivity contribution in [1.82, 2.24) is 0 Å². The van der Waals surface area contributed by atoms with Crippen LogP contribution in [0.25, 0.3) is 0 Å². The van der Waals surface area contributed by atoms with Crippen molar-refractivity contribution in [3.63, 3.8) is 0 Å². The van der Waals surface area contributed by atoms with E-state index in [1.54, 1.807) is 6.92 Å². The number of hydrogen-bond acceptors (Lipinski definition) is 0. The molecule has 0 amide bonds. The summed E-state index contributed by atoms with van der Waals surface area (Å²) < 4.78 is 36.6. The Morgan fingerprint density at radius 1 is 1.20 bits per heavy atom. The molecule has 86 valence electrons. The molecule has 1 rings (SSSR count). The second-order valence-corrected chi connectivity index (χ2v) is 3.04. The van der Waals surface area contributed by atoms with Crippen LogP contribution in [0.1, 0.15) is 30.5 Å². The minimum atomic E-state index is -4.28. The second kappa shape index (κ2) is 6.01. The molecule has 0 nitrogen and oxygen atoms in total. The molecule has 0 saturated heterocycles. The van der Waals surface area contributed by atoms with Gasteiger partial charge in [-0.2, -0.15) is 13.2 Å². The Kier molecular flexibility index (Phi) is 5.73. The zero-order valence-electron chi connectivity index (χ0n) is 8.95. The highest BCUT2D eigenvalue weighted by atomic mass is 35.5. The fourth-order valence-corrected chi connectivity index (χ4v) is 1.28. The molecule has 0 unspecified atom stereocenters. The smallest absolute Gasteiger partial charge is 0.166 e. The predicted octanol–water partition coefficient (Wildman–Crippen LogP) is 4.78. The zero-order chi connectivity index (χ0) is 12.1. The van der Waals surface area contributed by atoms with E-state index in [0.717, 1.165) is 17.7 Å². The van der Waals surface area contributed by atoms with Crippen LogP contribution in [0.2, 0.25) is 0 Å². The topological polar surface area (TPSA) is 0 Å². The molecule has 0 spiro atoms. The summed E-state index contributed by atoms with van der Waals surface area (Å²) in [6.45, 7) is 5.73. The molecule has 0 heterocycles. The highest BCUT2D eigenvalue weighted by Crippen LogP contribution is 2.30. The summed E-state index contributed by atoms with van der Waals surface area (Å²) in [7, 11) is 0. The summed E-state index contributed by atoms with van der Waals surface area (Å²) in [4.78, 5) is 0. The fourth-order valence-electron chi connectivity index (χ4n) is 0.992. The minimum Gasteiger partial charge on any atom is -0.166 e. The lowest BCUT2D eigenvalue weighted by molar-refractivity contribution is -0.137. The molecule has 0 N–H and O–H groups in total. The van der Waals surface area contributed by atoms with Crippen LogP contribution in [0.5, 0.6) is 0 Å². The van der Waals surface area contributed by atoms with Crippen molar-refractivity contribution in [1.29, 1.82) is 0 Å². The number of aryl methyl sites for hydroxylation is 1. The molecule has 4 heteroatoms. The molecule has 0 bridgehead atoms. The van der Waals surface area contributed by atoms with E-state index in [9.17, 15) is 13.2 Å². The van der Waals surface area contributed by atoms with E-state index in [0.29, 0.717) is 5.56 Å². The summed E-state index contributed by atoms with van der Waals surface area (Å²) in [6, 6.07) is 3.58. The van der Waals surface area contributed by atoms with Crippen molar-refractivity contribution in [2.45, 2.75) is 32.8 Å². The number of rotatable bonds is 1. The van der Waals surface area contributed by atoms with E-state index in [1.165, 1.54) is 6.07 Å². The SMILES string of the molecule is CC.Cc1ccc(C(F)(F)F)cc1CCl. The first kappa shape index (κ1) is 14.3. The monoisotopic (exact) mass is 238 g/mol. The van der Waals surface area contributed by atoms with Crippen molar-refractivity contribution < 1.29 is 13.2 Å². The lowest BCUT2D eigenvalue weighted by Gasteiger charge is -2.09. The molecule has 0 aromatic heterocycles. The molecular weight excluding hydrogens is 225 g/mol. The standard InChI is InChI=1S/C9H8ClF3.C2H6/c1-6-2-3-8(9(11,12)13)4-7(6)5-10;1-2/h2-4H,5H2,1H3;1-2H3. The van der Waals surface area contributed by atoms with Crippen molar-refractivity contribution in [3.8, 4) is 0 Å². The third-order valence-electron chi connectivity index (χ3n) is 1.82. The highest BCUT2D eigenvalue weighted by molar-refractivity contribution is 6.17. The molecule has 0 aliphatic heterocycles. The molecule has 0 atom stereocenters. The van der Waals surface area contributed by atoms with Gasteiger partial charge in [-0.05, 0) is 30.2 Å². The molecule has 1 aromatic rings. The van der Waals surface area contributed by atoms with Gasteiger partial charge < -0.3 is 0 Å². The average Bonchev–Trinajstić information content (AvgIpc) is 2.20. The molecule has 1 aromatic carbocycles. The van der Waals surface area contributed by atoms with Crippen LogP contribution < -0.4 is 0 Å². The van der Waals surface area contributed by atoms with E-state index in [2.05, 4.69) is 0 Å². The Morgan fingerprint density at radius 3 is 2.13 bits per heavy atom. The summed E-state index contributed by atoms with van der Waals surface area (Å²) in [6.07, 6.45) is -4.28. The van der Waals surface area contributed by atoms with Gasteiger partial charge in [0, 0.05) is 5.88 Å². The number of halogens is 4. The second-order valence-electron chi connectivity index (χ2n) is 2.77. The summed E-state index contributed by atoms with van der Waals surface area (Å²) in [5, 5.41) is 0. The third kappa shape index (κ3) is 4.12. The van der Waals surface area contributed by atoms with Crippen LogP contribution in [0.15, 0.2) is 18.2 Å². The van der Waals surface area contributed by atoms with Crippen LogP contribution in [-0.2, 0) is 12.1 Å². The number of benzene rings is 1. The van der Waals surface area contributed by atoms with Gasteiger partial charge in [0.15, 0.2) is 0 Å². The molecule has 0 aliphatic carbocycles. The maximum atomic E-state index is 12.2. The van der Waals surface area contributed by atoms with Crippen LogP contribution in [0, 0.1) is 6.92 Å². The summed E-state index contributed by atoms with van der Waals surface area (Å²) >= 11 is 5.49. The van der Waals surface area contributed by atoms with Crippen molar-refractivity contribution in [2.24, 2.45) is 0 Å². The van der Waals surface area contributed by atoms with Crippen LogP contribution in [-0.4, -0.2) is 0 Å². The van der Waals surface area contributed by atoms with Gasteiger partial charge in [-0.15, -0.1) is 11.6 Å². The van der Waals surface area contributed by atoms with Crippen molar-refractivity contribution >= 4 is 11.6 Å². The molecule has 15 heavy (non-hydrogen) atoms. The van der Waals surface area contributed by atoms with Gasteiger partial charge in [0.25, 0.3) is 0 Å². The minimum absolute atomic E-state index is 0.107. The maximum Gasteiger partial charge on any atom is 0.416 e. The van der Waals surface area contributed by atoms with Crippen LogP contribution >= 0.6 is 11.6 Å². The zero-order valence-corrected chi connectivity index (χ0v) is 9.71. The van der Waals surface area contributed by atoms with Gasteiger partial charge in [-0.25, -0.2) is 0 Å². The summed E-state index contributed by atoms with van der Waals surface area (Å²) in [5.74, 6) is 0.107. The number of alkyl halides is 4. The Bertz CT molecular complexity index is 305. The van der Waals surface area contributed by atoms with Gasteiger partial charge in [0.1, 0.15) is 0 Å². The molecule has 0 saturated carbocycles. The van der Waals surface area contributed by atoms with E-state index >= 15 is 0 Å². The Hall–Kier alpha value is -0.700. The summed E-state index contributed by atoms with van der Waals surface area (Å²) in [5.41, 5.74) is 0.660. The fraction of sp³-hybridized carbons (Fsp3) is 0.455. The Morgan fingerprint density at radius 2 is 1.73 bits per heavy atom. The quantitative estimate of drug-likeness (QED) is 0.618. The lowest BCUT2D eigenvalue weighted by atomic mass is 10.1. The maximum absolute atomic E-state index is 12.2. The van der Waals surface area contributed by atoms with Gasteiger partial charge in [0.05, 0.1) is 5.56 Å². The van der Waals surface area contributed by atoms with Gasteiger partial charge >= 0.3 is 6.18 Å². The van der Waals surface area contributed by atoms with Crippen molar-refractivity contribution in [2.75, 3.05) is 0 Å².